The lowest BCUT2D eigenvalue weighted by molar-refractivity contribution is 0.0252. The number of carbonyl (C=O) groups excluding carboxylic acids is 1. The molecule has 22 heavy (non-hydrogen) atoms. The highest BCUT2D eigenvalue weighted by Gasteiger charge is 2.21. The normalized spacial score (nSPS) is 11.5. The van der Waals surface area contributed by atoms with Gasteiger partial charge in [-0.3, -0.25) is 0 Å². The second-order valence-corrected chi connectivity index (χ2v) is 6.32. The fraction of sp³-hybridized carbons (Fsp3) is 0.750. The summed E-state index contributed by atoms with van der Waals surface area (Å²) in [6.45, 7) is 13.6. The van der Waals surface area contributed by atoms with Crippen LogP contribution in [0.3, 0.4) is 0 Å². The quantitative estimate of drug-likeness (QED) is 0.750. The fourth-order valence-corrected chi connectivity index (χ4v) is 2.10. The van der Waals surface area contributed by atoms with Gasteiger partial charge in [-0.05, 0) is 34.1 Å². The lowest BCUT2D eigenvalue weighted by atomic mass is 10.2. The largest absolute Gasteiger partial charge is 0.444 e. The predicted molar refractivity (Wildman–Crippen MR) is 87.7 cm³/mol. The lowest BCUT2D eigenvalue weighted by Gasteiger charge is -2.27. The molecule has 6 nitrogen and oxygen atoms in total. The topological polar surface area (TPSA) is 59.4 Å². The average Bonchev–Trinajstić information content (AvgIpc) is 2.87. The first kappa shape index (κ1) is 18.5. The number of hydrogen-bond acceptors (Lipinski definition) is 4. The number of nitrogens with one attached hydrogen (secondary N) is 1. The highest BCUT2D eigenvalue weighted by Crippen LogP contribution is 2.10. The van der Waals surface area contributed by atoms with E-state index in [1.54, 1.807) is 4.90 Å². The van der Waals surface area contributed by atoms with Gasteiger partial charge in [0, 0.05) is 38.9 Å². The third kappa shape index (κ3) is 6.47. The second kappa shape index (κ2) is 8.78. The van der Waals surface area contributed by atoms with Crippen LogP contribution in [0.2, 0.25) is 0 Å². The molecular formula is C16H30N4O2. The summed E-state index contributed by atoms with van der Waals surface area (Å²) in [5.74, 6) is 0. The van der Waals surface area contributed by atoms with Gasteiger partial charge < -0.3 is 19.5 Å². The Morgan fingerprint density at radius 3 is 2.68 bits per heavy atom. The molecule has 1 rings (SSSR count). The van der Waals surface area contributed by atoms with E-state index < -0.39 is 5.60 Å². The maximum Gasteiger partial charge on any atom is 0.410 e. The first-order chi connectivity index (χ1) is 10.4. The molecule has 0 aromatic carbocycles. The molecule has 0 aliphatic heterocycles. The maximum atomic E-state index is 12.1. The Kier molecular flexibility index (Phi) is 7.38. The van der Waals surface area contributed by atoms with E-state index >= 15 is 0 Å². The summed E-state index contributed by atoms with van der Waals surface area (Å²) in [6, 6.07) is 0. The number of carbonyl (C=O) groups is 1. The number of rotatable bonds is 8. The smallest absolute Gasteiger partial charge is 0.410 e. The molecule has 1 aromatic heterocycles. The van der Waals surface area contributed by atoms with Gasteiger partial charge in [-0.15, -0.1) is 0 Å². The molecule has 0 unspecified atom stereocenters. The molecule has 0 aliphatic rings. The fourth-order valence-electron chi connectivity index (χ4n) is 2.10. The Hall–Kier alpha value is -1.56. The molecule has 0 spiro atoms. The van der Waals surface area contributed by atoms with Crippen molar-refractivity contribution in [2.75, 3.05) is 19.6 Å². The number of aromatic nitrogens is 2. The van der Waals surface area contributed by atoms with Gasteiger partial charge in [0.05, 0.1) is 12.0 Å². The van der Waals surface area contributed by atoms with E-state index in [9.17, 15) is 4.79 Å². The monoisotopic (exact) mass is 310 g/mol. The van der Waals surface area contributed by atoms with Crippen LogP contribution in [0.1, 0.15) is 46.7 Å². The average molecular weight is 310 g/mol. The molecular weight excluding hydrogens is 280 g/mol. The summed E-state index contributed by atoms with van der Waals surface area (Å²) in [6.07, 6.45) is 4.38. The molecule has 1 amide bonds. The van der Waals surface area contributed by atoms with E-state index in [4.69, 9.17) is 4.74 Å². The van der Waals surface area contributed by atoms with Crippen molar-refractivity contribution < 1.29 is 9.53 Å². The maximum absolute atomic E-state index is 12.1. The summed E-state index contributed by atoms with van der Waals surface area (Å²) in [7, 11) is 0. The van der Waals surface area contributed by atoms with Crippen molar-refractivity contribution in [2.45, 2.75) is 59.7 Å². The number of imidazole rings is 1. The first-order valence-corrected chi connectivity index (χ1v) is 8.05. The number of amides is 1. The van der Waals surface area contributed by atoms with Crippen molar-refractivity contribution in [2.24, 2.45) is 0 Å². The Morgan fingerprint density at radius 1 is 1.36 bits per heavy atom. The van der Waals surface area contributed by atoms with E-state index in [1.165, 1.54) is 0 Å². The third-order valence-electron chi connectivity index (χ3n) is 3.15. The van der Waals surface area contributed by atoms with E-state index in [0.717, 1.165) is 31.7 Å². The van der Waals surface area contributed by atoms with Crippen LogP contribution in [0.15, 0.2) is 12.5 Å². The van der Waals surface area contributed by atoms with Crippen LogP contribution in [-0.4, -0.2) is 45.8 Å². The highest BCUT2D eigenvalue weighted by molar-refractivity contribution is 5.68. The standard InChI is InChI=1S/C16H30N4O2/c1-6-9-20(15(21)22-16(3,4)5)10-8-17-11-14-12-18-13-19(14)7-2/h12-13,17H,6-11H2,1-5H3. The third-order valence-corrected chi connectivity index (χ3v) is 3.15. The Bertz CT molecular complexity index is 451. The van der Waals surface area contributed by atoms with Crippen molar-refractivity contribution in [3.05, 3.63) is 18.2 Å². The predicted octanol–water partition coefficient (Wildman–Crippen LogP) is 2.64. The van der Waals surface area contributed by atoms with Crippen LogP contribution < -0.4 is 5.32 Å². The summed E-state index contributed by atoms with van der Waals surface area (Å²) < 4.78 is 7.54. The molecule has 0 aliphatic carbocycles. The summed E-state index contributed by atoms with van der Waals surface area (Å²) in [5, 5.41) is 3.36. The zero-order valence-corrected chi connectivity index (χ0v) is 14.6. The van der Waals surface area contributed by atoms with Crippen LogP contribution in [0.4, 0.5) is 4.79 Å². The van der Waals surface area contributed by atoms with Crippen LogP contribution in [0, 0.1) is 0 Å². The van der Waals surface area contributed by atoms with Gasteiger partial charge in [0.25, 0.3) is 0 Å². The minimum absolute atomic E-state index is 0.241. The Labute approximate surface area is 133 Å². The van der Waals surface area contributed by atoms with Crippen LogP contribution in [0.25, 0.3) is 0 Å². The van der Waals surface area contributed by atoms with Crippen molar-refractivity contribution in [3.8, 4) is 0 Å². The SMILES string of the molecule is CCCN(CCNCc1cncn1CC)C(=O)OC(C)(C)C. The van der Waals surface area contributed by atoms with Crippen molar-refractivity contribution >= 4 is 6.09 Å². The first-order valence-electron chi connectivity index (χ1n) is 8.05. The van der Waals surface area contributed by atoms with Crippen LogP contribution in [0.5, 0.6) is 0 Å². The van der Waals surface area contributed by atoms with Crippen molar-refractivity contribution in [1.82, 2.24) is 19.8 Å². The molecule has 1 aromatic rings. The zero-order valence-electron chi connectivity index (χ0n) is 14.6. The molecule has 0 atom stereocenters. The second-order valence-electron chi connectivity index (χ2n) is 6.32. The molecule has 6 heteroatoms. The number of nitrogens with zero attached hydrogens (tertiary/aromatic N) is 3. The molecule has 0 saturated heterocycles. The van der Waals surface area contributed by atoms with Crippen molar-refractivity contribution in [3.63, 3.8) is 0 Å². The minimum Gasteiger partial charge on any atom is -0.444 e. The molecule has 0 saturated carbocycles. The molecule has 0 bridgehead atoms. The van der Waals surface area contributed by atoms with Crippen molar-refractivity contribution in [1.29, 1.82) is 0 Å². The molecule has 1 N–H and O–H groups in total. The van der Waals surface area contributed by atoms with Crippen LogP contribution >= 0.6 is 0 Å². The van der Waals surface area contributed by atoms with Gasteiger partial charge in [-0.1, -0.05) is 6.92 Å². The summed E-state index contributed by atoms with van der Waals surface area (Å²) in [4.78, 5) is 18.0. The van der Waals surface area contributed by atoms with Gasteiger partial charge in [-0.25, -0.2) is 9.78 Å². The van der Waals surface area contributed by atoms with Gasteiger partial charge >= 0.3 is 6.09 Å². The van der Waals surface area contributed by atoms with Gasteiger partial charge in [0.1, 0.15) is 5.60 Å². The molecule has 1 heterocycles. The summed E-state index contributed by atoms with van der Waals surface area (Å²) in [5.41, 5.74) is 0.700. The number of ether oxygens (including phenoxy) is 1. The van der Waals surface area contributed by atoms with Gasteiger partial charge in [0.15, 0.2) is 0 Å². The highest BCUT2D eigenvalue weighted by atomic mass is 16.6. The van der Waals surface area contributed by atoms with Crippen LogP contribution in [-0.2, 0) is 17.8 Å². The van der Waals surface area contributed by atoms with E-state index in [0.29, 0.717) is 13.1 Å². The van der Waals surface area contributed by atoms with E-state index in [2.05, 4.69) is 28.7 Å². The minimum atomic E-state index is -0.454. The van der Waals surface area contributed by atoms with E-state index in [1.807, 2.05) is 33.3 Å². The van der Waals surface area contributed by atoms with Gasteiger partial charge in [0.2, 0.25) is 0 Å². The summed E-state index contributed by atoms with van der Waals surface area (Å²) >= 11 is 0. The van der Waals surface area contributed by atoms with Gasteiger partial charge in [-0.2, -0.15) is 0 Å². The van der Waals surface area contributed by atoms with E-state index in [-0.39, 0.29) is 6.09 Å². The zero-order chi connectivity index (χ0) is 16.6. The number of aryl methyl sites for hydroxylation is 1. The Morgan fingerprint density at radius 2 is 2.09 bits per heavy atom. The Balaban J connectivity index is 2.39. The molecule has 126 valence electrons. The molecule has 0 fully saturated rings. The number of hydrogen-bond donors (Lipinski definition) is 1. The lowest BCUT2D eigenvalue weighted by Crippen LogP contribution is -2.40. The molecule has 0 radical (unpaired) electrons.